The molecule has 0 fully saturated rings. The summed E-state index contributed by atoms with van der Waals surface area (Å²) in [7, 11) is 0. The number of aromatic nitrogens is 2. The van der Waals surface area contributed by atoms with E-state index in [0.29, 0.717) is 6.54 Å². The topological polar surface area (TPSA) is 58.1 Å². The fourth-order valence-corrected chi connectivity index (χ4v) is 2.69. The van der Waals surface area contributed by atoms with Gasteiger partial charge in [0.1, 0.15) is 29.5 Å². The van der Waals surface area contributed by atoms with E-state index in [1.807, 2.05) is 44.2 Å². The Morgan fingerprint density at radius 2 is 1.82 bits per heavy atom. The second kappa shape index (κ2) is 8.56. The molecule has 0 atom stereocenters. The van der Waals surface area contributed by atoms with E-state index in [2.05, 4.69) is 15.3 Å². The van der Waals surface area contributed by atoms with Crippen molar-refractivity contribution in [2.24, 2.45) is 0 Å². The summed E-state index contributed by atoms with van der Waals surface area (Å²) in [6.07, 6.45) is 1.23. The summed E-state index contributed by atoms with van der Waals surface area (Å²) in [6.45, 7) is 4.29. The van der Waals surface area contributed by atoms with Gasteiger partial charge in [0.15, 0.2) is 0 Å². The second-order valence-electron chi connectivity index (χ2n) is 6.55. The molecule has 0 radical (unpaired) electrons. The van der Waals surface area contributed by atoms with Crippen molar-refractivity contribution >= 4 is 17.4 Å². The lowest BCUT2D eigenvalue weighted by atomic mass is 10.1. The summed E-state index contributed by atoms with van der Waals surface area (Å²) in [4.78, 5) is 22.8. The molecule has 3 rings (SSSR count). The number of rotatable bonds is 6. The number of halogens is 2. The molecular formula is C21H20F2N4O. The number of nitrogens with zero attached hydrogens (tertiary/aromatic N) is 3. The van der Waals surface area contributed by atoms with Crippen LogP contribution in [0.2, 0.25) is 0 Å². The number of hydrogen-bond acceptors (Lipinski definition) is 4. The largest absolute Gasteiger partial charge is 0.338 e. The van der Waals surface area contributed by atoms with E-state index >= 15 is 0 Å². The molecule has 1 N–H and O–H groups in total. The third-order valence-electron chi connectivity index (χ3n) is 4.16. The lowest BCUT2D eigenvalue weighted by Crippen LogP contribution is -2.36. The third-order valence-corrected chi connectivity index (χ3v) is 4.16. The maximum atomic E-state index is 13.9. The number of benzene rings is 2. The van der Waals surface area contributed by atoms with Crippen molar-refractivity contribution < 1.29 is 13.6 Å². The van der Waals surface area contributed by atoms with Crippen molar-refractivity contribution in [3.8, 4) is 0 Å². The van der Waals surface area contributed by atoms with Crippen molar-refractivity contribution in [1.29, 1.82) is 0 Å². The number of carbonyl (C=O) groups is 1. The van der Waals surface area contributed by atoms with Crippen LogP contribution in [0.5, 0.6) is 0 Å². The Morgan fingerprint density at radius 3 is 2.50 bits per heavy atom. The number of anilines is 2. The van der Waals surface area contributed by atoms with Crippen LogP contribution in [0.4, 0.5) is 20.3 Å². The van der Waals surface area contributed by atoms with Gasteiger partial charge in [-0.2, -0.15) is 0 Å². The van der Waals surface area contributed by atoms with Gasteiger partial charge in [-0.05, 0) is 31.5 Å². The molecule has 0 saturated carbocycles. The highest BCUT2D eigenvalue weighted by Gasteiger charge is 2.21. The van der Waals surface area contributed by atoms with E-state index in [-0.39, 0.29) is 29.1 Å². The van der Waals surface area contributed by atoms with Gasteiger partial charge >= 0.3 is 0 Å². The van der Waals surface area contributed by atoms with Crippen LogP contribution in [-0.2, 0) is 6.54 Å². The SMILES string of the molecule is CC(C)N(Cc1ccccc1)C(=O)c1cc(Nc2ccc(F)cc2F)ncn1. The zero-order valence-electron chi connectivity index (χ0n) is 15.6. The summed E-state index contributed by atoms with van der Waals surface area (Å²) < 4.78 is 26.9. The Kier molecular flexibility index (Phi) is 5.93. The van der Waals surface area contributed by atoms with Gasteiger partial charge in [-0.25, -0.2) is 18.7 Å². The first-order chi connectivity index (χ1) is 13.4. The molecule has 0 aliphatic carbocycles. The predicted molar refractivity (Wildman–Crippen MR) is 103 cm³/mol. The molecule has 7 heteroatoms. The molecule has 28 heavy (non-hydrogen) atoms. The van der Waals surface area contributed by atoms with Gasteiger partial charge in [-0.3, -0.25) is 4.79 Å². The highest BCUT2D eigenvalue weighted by Crippen LogP contribution is 2.20. The van der Waals surface area contributed by atoms with Crippen LogP contribution in [0.15, 0.2) is 60.9 Å². The molecule has 0 bridgehead atoms. The Labute approximate surface area is 162 Å². The zero-order chi connectivity index (χ0) is 20.1. The number of nitrogens with one attached hydrogen (secondary N) is 1. The second-order valence-corrected chi connectivity index (χ2v) is 6.55. The standard InChI is InChI=1S/C21H20F2N4O/c1-14(2)27(12-15-6-4-3-5-7-15)21(28)19-11-20(25-13-24-19)26-18-9-8-16(22)10-17(18)23/h3-11,13-14H,12H2,1-2H3,(H,24,25,26). The average Bonchev–Trinajstić information content (AvgIpc) is 2.68. The third kappa shape index (κ3) is 4.68. The highest BCUT2D eigenvalue weighted by atomic mass is 19.1. The molecule has 0 aliphatic heterocycles. The van der Waals surface area contributed by atoms with E-state index in [9.17, 15) is 13.6 Å². The molecule has 3 aromatic rings. The quantitative estimate of drug-likeness (QED) is 0.680. The highest BCUT2D eigenvalue weighted by molar-refractivity contribution is 5.93. The van der Waals surface area contributed by atoms with Crippen molar-refractivity contribution in [3.63, 3.8) is 0 Å². The van der Waals surface area contributed by atoms with Gasteiger partial charge in [0.25, 0.3) is 5.91 Å². The summed E-state index contributed by atoms with van der Waals surface area (Å²) in [5.74, 6) is -1.44. The van der Waals surface area contributed by atoms with Crippen LogP contribution in [-0.4, -0.2) is 26.8 Å². The van der Waals surface area contributed by atoms with Gasteiger partial charge in [0, 0.05) is 24.7 Å². The van der Waals surface area contributed by atoms with Crippen LogP contribution < -0.4 is 5.32 Å². The van der Waals surface area contributed by atoms with Crippen LogP contribution in [0.25, 0.3) is 0 Å². The summed E-state index contributed by atoms with van der Waals surface area (Å²) in [5.41, 5.74) is 1.25. The number of hydrogen-bond donors (Lipinski definition) is 1. The minimum absolute atomic E-state index is 0.0476. The molecule has 0 saturated heterocycles. The molecule has 0 spiro atoms. The van der Waals surface area contributed by atoms with Gasteiger partial charge in [-0.15, -0.1) is 0 Å². The molecule has 2 aromatic carbocycles. The van der Waals surface area contributed by atoms with Crippen LogP contribution in [0, 0.1) is 11.6 Å². The Morgan fingerprint density at radius 1 is 1.07 bits per heavy atom. The van der Waals surface area contributed by atoms with Crippen LogP contribution in [0.1, 0.15) is 29.9 Å². The van der Waals surface area contributed by atoms with Crippen molar-refractivity contribution in [2.75, 3.05) is 5.32 Å². The van der Waals surface area contributed by atoms with Crippen LogP contribution >= 0.6 is 0 Å². The smallest absolute Gasteiger partial charge is 0.273 e. The monoisotopic (exact) mass is 382 g/mol. The van der Waals surface area contributed by atoms with E-state index < -0.39 is 11.6 Å². The Bertz CT molecular complexity index is 964. The molecule has 5 nitrogen and oxygen atoms in total. The molecule has 0 unspecified atom stereocenters. The van der Waals surface area contributed by atoms with E-state index in [4.69, 9.17) is 0 Å². The number of carbonyl (C=O) groups excluding carboxylic acids is 1. The maximum Gasteiger partial charge on any atom is 0.273 e. The van der Waals surface area contributed by atoms with Crippen molar-refractivity contribution in [2.45, 2.75) is 26.4 Å². The average molecular weight is 382 g/mol. The summed E-state index contributed by atoms with van der Waals surface area (Å²) in [5, 5.41) is 2.75. The molecule has 1 aromatic heterocycles. The summed E-state index contributed by atoms with van der Waals surface area (Å²) >= 11 is 0. The van der Waals surface area contributed by atoms with Gasteiger partial charge < -0.3 is 10.2 Å². The molecule has 1 amide bonds. The maximum absolute atomic E-state index is 13.9. The molecule has 144 valence electrons. The normalized spacial score (nSPS) is 10.8. The first-order valence-corrected chi connectivity index (χ1v) is 8.83. The fraction of sp³-hybridized carbons (Fsp3) is 0.190. The van der Waals surface area contributed by atoms with E-state index in [0.717, 1.165) is 17.7 Å². The lowest BCUT2D eigenvalue weighted by Gasteiger charge is -2.26. The van der Waals surface area contributed by atoms with Crippen molar-refractivity contribution in [1.82, 2.24) is 14.9 Å². The van der Waals surface area contributed by atoms with Gasteiger partial charge in [0.05, 0.1) is 5.69 Å². The fourth-order valence-electron chi connectivity index (χ4n) is 2.69. The molecule has 1 heterocycles. The minimum atomic E-state index is -0.751. The lowest BCUT2D eigenvalue weighted by molar-refractivity contribution is 0.0684. The van der Waals surface area contributed by atoms with E-state index in [1.54, 1.807) is 4.90 Å². The Hall–Kier alpha value is -3.35. The van der Waals surface area contributed by atoms with Crippen LogP contribution in [0.3, 0.4) is 0 Å². The van der Waals surface area contributed by atoms with Crippen molar-refractivity contribution in [3.05, 3.63) is 83.8 Å². The molecular weight excluding hydrogens is 362 g/mol. The van der Waals surface area contributed by atoms with Gasteiger partial charge in [-0.1, -0.05) is 30.3 Å². The van der Waals surface area contributed by atoms with E-state index in [1.165, 1.54) is 18.5 Å². The van der Waals surface area contributed by atoms with Gasteiger partial charge in [0.2, 0.25) is 0 Å². The summed E-state index contributed by atoms with van der Waals surface area (Å²) in [6, 6.07) is 14.2. The molecule has 0 aliphatic rings. The first kappa shape index (κ1) is 19.4. The zero-order valence-corrected chi connectivity index (χ0v) is 15.6. The minimum Gasteiger partial charge on any atom is -0.338 e. The first-order valence-electron chi connectivity index (χ1n) is 8.83. The Balaban J connectivity index is 1.81. The number of amides is 1. The predicted octanol–water partition coefficient (Wildman–Crippen LogP) is 4.55.